The van der Waals surface area contributed by atoms with Gasteiger partial charge in [0.2, 0.25) is 0 Å². The lowest BCUT2D eigenvalue weighted by Crippen LogP contribution is -2.44. The van der Waals surface area contributed by atoms with Gasteiger partial charge in [0, 0.05) is 0 Å². The number of aryl methyl sites for hydroxylation is 2. The molecule has 1 aromatic rings. The highest BCUT2D eigenvalue weighted by atomic mass is 16.5. The average molecular weight is 320 g/mol. The summed E-state index contributed by atoms with van der Waals surface area (Å²) in [4.78, 5) is 25.2. The Morgan fingerprint density at radius 2 is 2.04 bits per heavy atom. The molecule has 6 nitrogen and oxygen atoms in total. The summed E-state index contributed by atoms with van der Waals surface area (Å²) in [5.74, 6) is 0.385. The Balaban J connectivity index is 1.95. The van der Waals surface area contributed by atoms with Crippen LogP contribution in [0.1, 0.15) is 31.4 Å². The van der Waals surface area contributed by atoms with Crippen molar-refractivity contribution in [2.24, 2.45) is 0 Å². The second-order valence-corrected chi connectivity index (χ2v) is 6.27. The van der Waals surface area contributed by atoms with Crippen LogP contribution >= 0.6 is 0 Å². The summed E-state index contributed by atoms with van der Waals surface area (Å²) in [5.41, 5.74) is 1.15. The lowest BCUT2D eigenvalue weighted by atomic mass is 9.99. The molecule has 2 rings (SSSR count). The van der Waals surface area contributed by atoms with Crippen LogP contribution in [0.15, 0.2) is 18.2 Å². The molecule has 1 heterocycles. The molecule has 0 aliphatic carbocycles. The van der Waals surface area contributed by atoms with E-state index in [2.05, 4.69) is 5.32 Å². The number of nitrogens with zero attached hydrogens (tertiary/aromatic N) is 1. The first kappa shape index (κ1) is 17.3. The van der Waals surface area contributed by atoms with E-state index in [0.29, 0.717) is 12.2 Å². The minimum atomic E-state index is -0.941. The van der Waals surface area contributed by atoms with Gasteiger partial charge in [-0.1, -0.05) is 19.1 Å². The Hall–Kier alpha value is -2.08. The molecular formula is C17H24N2O4. The molecule has 2 atom stereocenters. The smallest absolute Gasteiger partial charge is 0.325 e. The Kier molecular flexibility index (Phi) is 4.94. The molecule has 0 saturated carbocycles. The minimum Gasteiger partial charge on any atom is -0.491 e. The van der Waals surface area contributed by atoms with Crippen LogP contribution in [0.25, 0.3) is 0 Å². The minimum absolute atomic E-state index is 0.0180. The van der Waals surface area contributed by atoms with Crippen LogP contribution in [0, 0.1) is 13.8 Å². The molecule has 1 aliphatic rings. The summed E-state index contributed by atoms with van der Waals surface area (Å²) in [6.07, 6.45) is -0.438. The van der Waals surface area contributed by atoms with Crippen molar-refractivity contribution in [2.75, 3.05) is 13.2 Å². The van der Waals surface area contributed by atoms with Gasteiger partial charge >= 0.3 is 6.03 Å². The fourth-order valence-electron chi connectivity index (χ4n) is 2.46. The van der Waals surface area contributed by atoms with Gasteiger partial charge in [0.05, 0.1) is 6.54 Å². The molecule has 0 bridgehead atoms. The van der Waals surface area contributed by atoms with Gasteiger partial charge < -0.3 is 15.2 Å². The third-order valence-corrected chi connectivity index (χ3v) is 4.22. The van der Waals surface area contributed by atoms with Gasteiger partial charge in [-0.15, -0.1) is 0 Å². The molecule has 1 saturated heterocycles. The van der Waals surface area contributed by atoms with Gasteiger partial charge in [-0.2, -0.15) is 0 Å². The molecule has 3 amide bonds. The van der Waals surface area contributed by atoms with Crippen molar-refractivity contribution >= 4 is 11.9 Å². The normalized spacial score (nSPS) is 22.2. The Morgan fingerprint density at radius 3 is 2.65 bits per heavy atom. The highest BCUT2D eigenvalue weighted by Gasteiger charge is 2.46. The third-order valence-electron chi connectivity index (χ3n) is 4.22. The number of hydrogen-bond acceptors (Lipinski definition) is 4. The number of benzene rings is 1. The van der Waals surface area contributed by atoms with Gasteiger partial charge in [-0.25, -0.2) is 4.79 Å². The summed E-state index contributed by atoms with van der Waals surface area (Å²) in [6, 6.07) is 5.35. The van der Waals surface area contributed by atoms with E-state index in [0.717, 1.165) is 16.0 Å². The van der Waals surface area contributed by atoms with Crippen LogP contribution in [0.5, 0.6) is 5.75 Å². The highest BCUT2D eigenvalue weighted by Crippen LogP contribution is 2.22. The van der Waals surface area contributed by atoms with Crippen LogP contribution in [-0.4, -0.2) is 46.7 Å². The molecule has 6 heteroatoms. The Labute approximate surface area is 136 Å². The fourth-order valence-corrected chi connectivity index (χ4v) is 2.46. The molecule has 0 aromatic heterocycles. The van der Waals surface area contributed by atoms with Gasteiger partial charge in [0.25, 0.3) is 5.91 Å². The van der Waals surface area contributed by atoms with Crippen molar-refractivity contribution in [1.82, 2.24) is 10.2 Å². The lowest BCUT2D eigenvalue weighted by molar-refractivity contribution is -0.132. The van der Waals surface area contributed by atoms with E-state index in [-0.39, 0.29) is 19.1 Å². The van der Waals surface area contributed by atoms with Crippen LogP contribution < -0.4 is 10.1 Å². The third kappa shape index (κ3) is 3.64. The van der Waals surface area contributed by atoms with Crippen molar-refractivity contribution in [3.8, 4) is 5.75 Å². The number of aliphatic hydroxyl groups is 1. The molecule has 126 valence electrons. The van der Waals surface area contributed by atoms with Crippen molar-refractivity contribution < 1.29 is 19.4 Å². The predicted octanol–water partition coefficient (Wildman–Crippen LogP) is 1.76. The van der Waals surface area contributed by atoms with Gasteiger partial charge in [0.1, 0.15) is 24.0 Å². The largest absolute Gasteiger partial charge is 0.491 e. The van der Waals surface area contributed by atoms with Crippen molar-refractivity contribution in [2.45, 2.75) is 45.8 Å². The second-order valence-electron chi connectivity index (χ2n) is 6.27. The number of nitrogens with one attached hydrogen (secondary N) is 1. The zero-order valence-corrected chi connectivity index (χ0v) is 14.0. The van der Waals surface area contributed by atoms with Crippen LogP contribution in [-0.2, 0) is 4.79 Å². The van der Waals surface area contributed by atoms with Crippen molar-refractivity contribution in [1.29, 1.82) is 0 Å². The number of hydrogen-bond donors (Lipinski definition) is 2. The lowest BCUT2D eigenvalue weighted by Gasteiger charge is -2.21. The Bertz CT molecular complexity index is 617. The summed E-state index contributed by atoms with van der Waals surface area (Å²) >= 11 is 0. The maximum atomic E-state index is 12.3. The number of ether oxygens (including phenoxy) is 1. The molecule has 0 radical (unpaired) electrons. The standard InChI is InChI=1S/C17H24N2O4/c1-5-17(4)15(21)19(16(22)18-17)9-13(20)10-23-14-8-11(2)6-7-12(14)3/h6-8,13,20H,5,9-10H2,1-4H3,(H,18,22)/t13-,17-/m1/s1. The maximum absolute atomic E-state index is 12.3. The first-order valence-corrected chi connectivity index (χ1v) is 7.79. The number of carbonyl (C=O) groups is 2. The number of carbonyl (C=O) groups excluding carboxylic acids is 2. The van der Waals surface area contributed by atoms with E-state index in [1.54, 1.807) is 6.92 Å². The summed E-state index contributed by atoms with van der Waals surface area (Å²) in [5, 5.41) is 12.8. The zero-order valence-electron chi connectivity index (χ0n) is 14.0. The molecule has 1 aromatic carbocycles. The number of aliphatic hydroxyl groups excluding tert-OH is 1. The van der Waals surface area contributed by atoms with E-state index >= 15 is 0 Å². The SMILES string of the molecule is CC[C@@]1(C)NC(=O)N(C[C@@H](O)COc2cc(C)ccc2C)C1=O. The first-order valence-electron chi connectivity index (χ1n) is 7.79. The molecule has 1 fully saturated rings. The molecule has 0 unspecified atom stereocenters. The number of amides is 3. The van der Waals surface area contributed by atoms with E-state index in [4.69, 9.17) is 4.74 Å². The molecule has 23 heavy (non-hydrogen) atoms. The Morgan fingerprint density at radius 1 is 1.35 bits per heavy atom. The van der Waals surface area contributed by atoms with E-state index in [1.807, 2.05) is 39.0 Å². The molecule has 2 N–H and O–H groups in total. The summed E-state index contributed by atoms with van der Waals surface area (Å²) in [7, 11) is 0. The molecule has 1 aliphatic heterocycles. The predicted molar refractivity (Wildman–Crippen MR) is 86.4 cm³/mol. The van der Waals surface area contributed by atoms with E-state index in [9.17, 15) is 14.7 Å². The number of β-amino-alcohol motifs (C(OH)–C–C–N with tert-alkyl or cyclic N) is 1. The summed E-state index contributed by atoms with van der Waals surface area (Å²) < 4.78 is 5.62. The second kappa shape index (κ2) is 6.58. The molecule has 0 spiro atoms. The van der Waals surface area contributed by atoms with Crippen molar-refractivity contribution in [3.05, 3.63) is 29.3 Å². The molecular weight excluding hydrogens is 296 g/mol. The number of imide groups is 1. The van der Waals surface area contributed by atoms with Gasteiger partial charge in [0.15, 0.2) is 0 Å². The van der Waals surface area contributed by atoms with Gasteiger partial charge in [-0.3, -0.25) is 9.69 Å². The fraction of sp³-hybridized carbons (Fsp3) is 0.529. The zero-order chi connectivity index (χ0) is 17.2. The highest BCUT2D eigenvalue weighted by molar-refractivity contribution is 6.06. The number of rotatable bonds is 6. The quantitative estimate of drug-likeness (QED) is 0.783. The monoisotopic (exact) mass is 320 g/mol. The summed E-state index contributed by atoms with van der Waals surface area (Å²) in [6.45, 7) is 7.34. The van der Waals surface area contributed by atoms with Crippen LogP contribution in [0.3, 0.4) is 0 Å². The van der Waals surface area contributed by atoms with Crippen molar-refractivity contribution in [3.63, 3.8) is 0 Å². The topological polar surface area (TPSA) is 78.9 Å². The average Bonchev–Trinajstić information content (AvgIpc) is 2.72. The first-order chi connectivity index (χ1) is 10.8. The number of urea groups is 1. The maximum Gasteiger partial charge on any atom is 0.325 e. The van der Waals surface area contributed by atoms with E-state index < -0.39 is 17.7 Å². The van der Waals surface area contributed by atoms with E-state index in [1.165, 1.54) is 0 Å². The van der Waals surface area contributed by atoms with Gasteiger partial charge in [-0.05, 0) is 44.4 Å². The van der Waals surface area contributed by atoms with Crippen LogP contribution in [0.2, 0.25) is 0 Å². The van der Waals surface area contributed by atoms with Crippen LogP contribution in [0.4, 0.5) is 4.79 Å².